The summed E-state index contributed by atoms with van der Waals surface area (Å²) in [6, 6.07) is 0. The number of thioether (sulfide) groups is 1. The summed E-state index contributed by atoms with van der Waals surface area (Å²) in [7, 11) is 1.37. The summed E-state index contributed by atoms with van der Waals surface area (Å²) in [5.41, 5.74) is -1.32. The fourth-order valence-electron chi connectivity index (χ4n) is 2.71. The van der Waals surface area contributed by atoms with Crippen molar-refractivity contribution in [3.63, 3.8) is 0 Å². The van der Waals surface area contributed by atoms with Crippen LogP contribution in [-0.2, 0) is 13.2 Å². The SMILES string of the molecule is CCSC1CCCCN(C(=O)c2c(C(F)(F)F)cnn2C)C1. The van der Waals surface area contributed by atoms with Gasteiger partial charge in [-0.3, -0.25) is 9.48 Å². The molecule has 1 unspecified atom stereocenters. The van der Waals surface area contributed by atoms with Crippen molar-refractivity contribution >= 4 is 17.7 Å². The van der Waals surface area contributed by atoms with E-state index in [2.05, 4.69) is 5.10 Å². The lowest BCUT2D eigenvalue weighted by molar-refractivity contribution is -0.138. The molecule has 0 aliphatic carbocycles. The molecular weight excluding hydrogens is 315 g/mol. The summed E-state index contributed by atoms with van der Waals surface area (Å²) in [6.07, 6.45) is -1.02. The zero-order chi connectivity index (χ0) is 16.3. The number of hydrogen-bond acceptors (Lipinski definition) is 3. The van der Waals surface area contributed by atoms with Crippen molar-refractivity contribution in [1.29, 1.82) is 0 Å². The van der Waals surface area contributed by atoms with Crippen LogP contribution in [0.15, 0.2) is 6.20 Å². The third-order valence-electron chi connectivity index (χ3n) is 3.76. The lowest BCUT2D eigenvalue weighted by Crippen LogP contribution is -2.37. The van der Waals surface area contributed by atoms with Crippen LogP contribution in [0, 0.1) is 0 Å². The van der Waals surface area contributed by atoms with Gasteiger partial charge in [-0.25, -0.2) is 0 Å². The molecule has 0 bridgehead atoms. The van der Waals surface area contributed by atoms with E-state index in [0.29, 0.717) is 18.3 Å². The molecule has 0 radical (unpaired) electrons. The number of aryl methyl sites for hydroxylation is 1. The van der Waals surface area contributed by atoms with Crippen LogP contribution < -0.4 is 0 Å². The van der Waals surface area contributed by atoms with Crippen molar-refractivity contribution in [3.8, 4) is 0 Å². The Kier molecular flexibility index (Phi) is 5.41. The number of alkyl halides is 3. The number of aromatic nitrogens is 2. The zero-order valence-electron chi connectivity index (χ0n) is 12.7. The molecule has 1 fully saturated rings. The van der Waals surface area contributed by atoms with Gasteiger partial charge in [0.15, 0.2) is 0 Å². The lowest BCUT2D eigenvalue weighted by Gasteiger charge is -2.24. The highest BCUT2D eigenvalue weighted by Crippen LogP contribution is 2.33. The van der Waals surface area contributed by atoms with E-state index in [0.717, 1.165) is 35.9 Å². The van der Waals surface area contributed by atoms with Crippen LogP contribution >= 0.6 is 11.8 Å². The molecule has 0 N–H and O–H groups in total. The van der Waals surface area contributed by atoms with Gasteiger partial charge in [-0.05, 0) is 18.6 Å². The second kappa shape index (κ2) is 6.93. The fourth-order valence-corrected chi connectivity index (χ4v) is 3.80. The molecule has 124 valence electrons. The molecule has 0 saturated carbocycles. The van der Waals surface area contributed by atoms with Crippen molar-refractivity contribution < 1.29 is 18.0 Å². The summed E-state index contributed by atoms with van der Waals surface area (Å²) in [6.45, 7) is 3.05. The molecule has 22 heavy (non-hydrogen) atoms. The Labute approximate surface area is 132 Å². The number of rotatable bonds is 3. The van der Waals surface area contributed by atoms with Gasteiger partial charge < -0.3 is 4.90 Å². The molecule has 1 atom stereocenters. The van der Waals surface area contributed by atoms with Crippen LogP contribution in [0.3, 0.4) is 0 Å². The third-order valence-corrected chi connectivity index (χ3v) is 4.95. The molecule has 0 spiro atoms. The molecule has 1 saturated heterocycles. The Hall–Kier alpha value is -1.18. The first kappa shape index (κ1) is 17.2. The van der Waals surface area contributed by atoms with Crippen LogP contribution in [0.25, 0.3) is 0 Å². The maximum Gasteiger partial charge on any atom is 0.420 e. The molecule has 2 heterocycles. The van der Waals surface area contributed by atoms with E-state index >= 15 is 0 Å². The second-order valence-electron chi connectivity index (χ2n) is 5.35. The minimum absolute atomic E-state index is 0.291. The van der Waals surface area contributed by atoms with E-state index in [4.69, 9.17) is 0 Å². The molecule has 8 heteroatoms. The smallest absolute Gasteiger partial charge is 0.336 e. The predicted octanol–water partition coefficient (Wildman–Crippen LogP) is 3.19. The standard InChI is InChI=1S/C14H20F3N3OS/c1-3-22-10-6-4-5-7-20(9-10)13(21)12-11(14(15,16)17)8-18-19(12)2/h8,10H,3-7,9H2,1-2H3. The number of halogens is 3. The molecule has 2 rings (SSSR count). The minimum Gasteiger partial charge on any atom is -0.336 e. The second-order valence-corrected chi connectivity index (χ2v) is 6.93. The van der Waals surface area contributed by atoms with Crippen molar-refractivity contribution in [2.75, 3.05) is 18.8 Å². The molecule has 1 aromatic heterocycles. The van der Waals surface area contributed by atoms with Crippen molar-refractivity contribution in [1.82, 2.24) is 14.7 Å². The molecule has 1 aliphatic rings. The molecule has 1 aromatic rings. The fraction of sp³-hybridized carbons (Fsp3) is 0.714. The van der Waals surface area contributed by atoms with E-state index < -0.39 is 17.6 Å². The van der Waals surface area contributed by atoms with Gasteiger partial charge in [0.2, 0.25) is 0 Å². The van der Waals surface area contributed by atoms with Crippen molar-refractivity contribution in [2.24, 2.45) is 7.05 Å². The first-order valence-electron chi connectivity index (χ1n) is 7.34. The quantitative estimate of drug-likeness (QED) is 0.851. The summed E-state index contributed by atoms with van der Waals surface area (Å²) in [5.74, 6) is 0.364. The van der Waals surface area contributed by atoms with Gasteiger partial charge in [-0.2, -0.15) is 30.0 Å². The van der Waals surface area contributed by atoms with Crippen LogP contribution in [-0.4, -0.2) is 44.7 Å². The van der Waals surface area contributed by atoms with E-state index in [1.54, 1.807) is 16.7 Å². The van der Waals surface area contributed by atoms with E-state index in [1.807, 2.05) is 6.92 Å². The normalized spacial score (nSPS) is 20.0. The summed E-state index contributed by atoms with van der Waals surface area (Å²) >= 11 is 1.76. The van der Waals surface area contributed by atoms with E-state index in [-0.39, 0.29) is 5.69 Å². The Balaban J connectivity index is 2.25. The summed E-state index contributed by atoms with van der Waals surface area (Å²) in [5, 5.41) is 3.91. The monoisotopic (exact) mass is 335 g/mol. The van der Waals surface area contributed by atoms with Gasteiger partial charge in [0.1, 0.15) is 11.3 Å². The predicted molar refractivity (Wildman–Crippen MR) is 79.9 cm³/mol. The summed E-state index contributed by atoms with van der Waals surface area (Å²) < 4.78 is 40.1. The van der Waals surface area contributed by atoms with Crippen LogP contribution in [0.4, 0.5) is 13.2 Å². The largest absolute Gasteiger partial charge is 0.420 e. The maximum absolute atomic E-state index is 13.0. The number of carbonyl (C=O) groups excluding carboxylic acids is 1. The molecule has 1 aliphatic heterocycles. The third kappa shape index (κ3) is 3.77. The first-order valence-corrected chi connectivity index (χ1v) is 8.39. The highest BCUT2D eigenvalue weighted by Gasteiger charge is 2.39. The minimum atomic E-state index is -4.57. The zero-order valence-corrected chi connectivity index (χ0v) is 13.5. The maximum atomic E-state index is 13.0. The number of amides is 1. The van der Waals surface area contributed by atoms with Crippen molar-refractivity contribution in [2.45, 2.75) is 37.6 Å². The van der Waals surface area contributed by atoms with Crippen LogP contribution in [0.1, 0.15) is 42.2 Å². The lowest BCUT2D eigenvalue weighted by atomic mass is 10.2. The molecule has 4 nitrogen and oxygen atoms in total. The van der Waals surface area contributed by atoms with Gasteiger partial charge in [-0.1, -0.05) is 13.3 Å². The highest BCUT2D eigenvalue weighted by atomic mass is 32.2. The average Bonchev–Trinajstić information content (AvgIpc) is 2.68. The van der Waals surface area contributed by atoms with Gasteiger partial charge in [0.05, 0.1) is 6.20 Å². The summed E-state index contributed by atoms with van der Waals surface area (Å²) in [4.78, 5) is 14.2. The van der Waals surface area contributed by atoms with Gasteiger partial charge in [0.25, 0.3) is 5.91 Å². The Morgan fingerprint density at radius 3 is 2.82 bits per heavy atom. The Morgan fingerprint density at radius 1 is 1.45 bits per heavy atom. The first-order chi connectivity index (χ1) is 10.3. The van der Waals surface area contributed by atoms with E-state index in [9.17, 15) is 18.0 Å². The van der Waals surface area contributed by atoms with Gasteiger partial charge in [0, 0.05) is 25.4 Å². The van der Waals surface area contributed by atoms with Crippen LogP contribution in [0.2, 0.25) is 0 Å². The highest BCUT2D eigenvalue weighted by molar-refractivity contribution is 7.99. The molecule has 1 amide bonds. The molecule has 0 aromatic carbocycles. The number of carbonyl (C=O) groups is 1. The number of nitrogens with zero attached hydrogens (tertiary/aromatic N) is 3. The van der Waals surface area contributed by atoms with Gasteiger partial charge in [-0.15, -0.1) is 0 Å². The topological polar surface area (TPSA) is 38.1 Å². The Morgan fingerprint density at radius 2 is 2.18 bits per heavy atom. The van der Waals surface area contributed by atoms with E-state index in [1.165, 1.54) is 7.05 Å². The number of hydrogen-bond donors (Lipinski definition) is 0. The Bertz CT molecular complexity index is 530. The number of likely N-dealkylation sites (tertiary alicyclic amines) is 1. The van der Waals surface area contributed by atoms with Crippen molar-refractivity contribution in [3.05, 3.63) is 17.5 Å². The van der Waals surface area contributed by atoms with Gasteiger partial charge >= 0.3 is 6.18 Å². The molecular formula is C14H20F3N3OS. The average molecular weight is 335 g/mol. The van der Waals surface area contributed by atoms with Crippen LogP contribution in [0.5, 0.6) is 0 Å².